The van der Waals surface area contributed by atoms with E-state index in [1.165, 1.54) is 21.7 Å². The monoisotopic (exact) mass is 509 g/mol. The van der Waals surface area contributed by atoms with Gasteiger partial charge in [-0.1, -0.05) is 42.5 Å². The highest BCUT2D eigenvalue weighted by Gasteiger charge is 2.25. The highest BCUT2D eigenvalue weighted by atomic mass is 32.2. The molecule has 0 aliphatic carbocycles. The topological polar surface area (TPSA) is 143 Å². The first-order chi connectivity index (χ1) is 16.6. The minimum absolute atomic E-state index is 0.0359. The summed E-state index contributed by atoms with van der Waals surface area (Å²) >= 11 is 0. The van der Waals surface area contributed by atoms with E-state index in [4.69, 9.17) is 0 Å². The lowest BCUT2D eigenvalue weighted by Gasteiger charge is -2.08. The molecular formula is C23H17N4O6S2+. The molecule has 4 aromatic carbocycles. The van der Waals surface area contributed by atoms with E-state index >= 15 is 0 Å². The molecule has 0 saturated heterocycles. The van der Waals surface area contributed by atoms with E-state index in [9.17, 15) is 25.9 Å². The minimum Gasteiger partial charge on any atom is -0.282 e. The number of para-hydroxylation sites is 1. The zero-order chi connectivity index (χ0) is 24.8. The van der Waals surface area contributed by atoms with Crippen LogP contribution in [0.3, 0.4) is 0 Å². The molecule has 0 saturated carbocycles. The SMILES string of the molecule is O=S(=O)(O)c1cc(S(=O)(=O)O)c2cc(-n3nc(-c4ccccc4)n[n+]3-c3ccccc3)ccc2c1. The van der Waals surface area contributed by atoms with Crippen LogP contribution in [-0.2, 0) is 20.2 Å². The first kappa shape index (κ1) is 22.8. The van der Waals surface area contributed by atoms with Gasteiger partial charge in [-0.05, 0) is 63.8 Å². The van der Waals surface area contributed by atoms with Crippen molar-refractivity contribution in [1.82, 2.24) is 15.0 Å². The molecule has 1 heterocycles. The van der Waals surface area contributed by atoms with Crippen molar-refractivity contribution in [1.29, 1.82) is 0 Å². The Bertz CT molecular complexity index is 1790. The number of aromatic nitrogens is 4. The maximum atomic E-state index is 12.1. The molecule has 0 aliphatic rings. The lowest BCUT2D eigenvalue weighted by atomic mass is 10.1. The van der Waals surface area contributed by atoms with Crippen molar-refractivity contribution >= 4 is 31.0 Å². The second-order valence-corrected chi connectivity index (χ2v) is 10.4. The van der Waals surface area contributed by atoms with Crippen molar-refractivity contribution in [3.63, 3.8) is 0 Å². The number of rotatable bonds is 5. The standard InChI is InChI=1S/C23H16N4O6S2/c28-34(29,30)20-13-17-11-12-19(14-21(17)22(15-20)35(31,32)33)27-25-23(16-7-3-1-4-8-16)24-26(27)18-9-5-2-6-10-18/h1-15H,(H-,28,29,30,31,32,33)/p+1. The van der Waals surface area contributed by atoms with E-state index in [1.54, 1.807) is 6.07 Å². The third kappa shape index (κ3) is 4.42. The average Bonchev–Trinajstić information content (AvgIpc) is 3.28. The van der Waals surface area contributed by atoms with Crippen molar-refractivity contribution in [2.75, 3.05) is 0 Å². The van der Waals surface area contributed by atoms with Crippen LogP contribution in [0.15, 0.2) is 101 Å². The Balaban J connectivity index is 1.78. The van der Waals surface area contributed by atoms with Crippen molar-refractivity contribution in [3.05, 3.63) is 91.0 Å². The molecule has 0 fully saturated rings. The van der Waals surface area contributed by atoms with Gasteiger partial charge >= 0.3 is 5.82 Å². The zero-order valence-electron chi connectivity index (χ0n) is 17.8. The Morgan fingerprint density at radius 2 is 1.40 bits per heavy atom. The van der Waals surface area contributed by atoms with E-state index in [1.807, 2.05) is 60.7 Å². The number of hydrogen-bond donors (Lipinski definition) is 2. The Hall–Kier alpha value is -3.97. The summed E-state index contributed by atoms with van der Waals surface area (Å²) in [7, 11) is -9.56. The van der Waals surface area contributed by atoms with Crippen LogP contribution in [0.1, 0.15) is 0 Å². The van der Waals surface area contributed by atoms with Crippen LogP contribution in [0, 0.1) is 0 Å². The lowest BCUT2D eigenvalue weighted by Crippen LogP contribution is -2.43. The van der Waals surface area contributed by atoms with Gasteiger partial charge in [-0.15, -0.1) is 0 Å². The van der Waals surface area contributed by atoms with E-state index in [-0.39, 0.29) is 10.8 Å². The third-order valence-electron chi connectivity index (χ3n) is 5.26. The number of fused-ring (bicyclic) bond motifs is 1. The quantitative estimate of drug-likeness (QED) is 0.272. The molecule has 5 aromatic rings. The predicted octanol–water partition coefficient (Wildman–Crippen LogP) is 2.86. The van der Waals surface area contributed by atoms with Crippen LogP contribution < -0.4 is 4.80 Å². The Morgan fingerprint density at radius 3 is 2.03 bits per heavy atom. The van der Waals surface area contributed by atoms with Crippen LogP contribution in [0.4, 0.5) is 0 Å². The van der Waals surface area contributed by atoms with Gasteiger partial charge in [0.05, 0.1) is 15.6 Å². The third-order valence-corrected chi connectivity index (χ3v) is 6.98. The highest BCUT2D eigenvalue weighted by molar-refractivity contribution is 7.86. The first-order valence-corrected chi connectivity index (χ1v) is 13.0. The van der Waals surface area contributed by atoms with E-state index in [0.29, 0.717) is 23.3 Å². The molecule has 0 amide bonds. The van der Waals surface area contributed by atoms with Gasteiger partial charge in [0.2, 0.25) is 0 Å². The molecule has 1 aromatic heterocycles. The van der Waals surface area contributed by atoms with Crippen molar-refractivity contribution < 1.29 is 30.7 Å². The van der Waals surface area contributed by atoms with Crippen LogP contribution in [0.25, 0.3) is 33.5 Å². The molecule has 35 heavy (non-hydrogen) atoms. The summed E-state index contributed by atoms with van der Waals surface area (Å²) < 4.78 is 66.6. The average molecular weight is 510 g/mol. The van der Waals surface area contributed by atoms with Crippen molar-refractivity contribution in [2.45, 2.75) is 9.79 Å². The number of benzene rings is 4. The molecule has 0 radical (unpaired) electrons. The highest BCUT2D eigenvalue weighted by Crippen LogP contribution is 2.29. The summed E-state index contributed by atoms with van der Waals surface area (Å²) in [6.45, 7) is 0. The van der Waals surface area contributed by atoms with Gasteiger partial charge in [0, 0.05) is 10.2 Å². The molecule has 5 rings (SSSR count). The van der Waals surface area contributed by atoms with Gasteiger partial charge in [-0.3, -0.25) is 9.11 Å². The molecule has 176 valence electrons. The molecule has 0 bridgehead atoms. The van der Waals surface area contributed by atoms with Crippen LogP contribution in [0.5, 0.6) is 0 Å². The molecule has 0 aliphatic heterocycles. The Morgan fingerprint density at radius 1 is 0.743 bits per heavy atom. The number of hydrogen-bond acceptors (Lipinski definition) is 6. The lowest BCUT2D eigenvalue weighted by molar-refractivity contribution is -0.734. The maximum Gasteiger partial charge on any atom is 0.340 e. The summed E-state index contributed by atoms with van der Waals surface area (Å²) in [4.78, 5) is 1.67. The van der Waals surface area contributed by atoms with Crippen molar-refractivity contribution in [2.24, 2.45) is 0 Å². The van der Waals surface area contributed by atoms with Crippen molar-refractivity contribution in [3.8, 4) is 22.8 Å². The minimum atomic E-state index is -4.84. The molecule has 0 unspecified atom stereocenters. The summed E-state index contributed by atoms with van der Waals surface area (Å²) in [5.41, 5.74) is 1.83. The molecule has 2 N–H and O–H groups in total. The molecule has 12 heteroatoms. The van der Waals surface area contributed by atoms with Gasteiger partial charge in [-0.2, -0.15) is 16.8 Å². The fourth-order valence-corrected chi connectivity index (χ4v) is 5.00. The number of tetrazole rings is 1. The van der Waals surface area contributed by atoms with E-state index < -0.39 is 30.0 Å². The zero-order valence-corrected chi connectivity index (χ0v) is 19.4. The van der Waals surface area contributed by atoms with E-state index in [0.717, 1.165) is 11.6 Å². The van der Waals surface area contributed by atoms with Crippen LogP contribution in [0.2, 0.25) is 0 Å². The number of nitrogens with zero attached hydrogens (tertiary/aromatic N) is 4. The van der Waals surface area contributed by atoms with Gasteiger partial charge in [-0.25, -0.2) is 0 Å². The smallest absolute Gasteiger partial charge is 0.282 e. The Labute approximate surface area is 200 Å². The molecule has 0 atom stereocenters. The van der Waals surface area contributed by atoms with Gasteiger partial charge in [0.15, 0.2) is 5.69 Å². The maximum absolute atomic E-state index is 12.1. The largest absolute Gasteiger partial charge is 0.340 e. The second kappa shape index (κ2) is 8.36. The summed E-state index contributed by atoms with van der Waals surface area (Å²) in [6.07, 6.45) is 0. The van der Waals surface area contributed by atoms with E-state index in [2.05, 4.69) is 10.2 Å². The fraction of sp³-hybridized carbons (Fsp3) is 0. The molecule has 10 nitrogen and oxygen atoms in total. The second-order valence-electron chi connectivity index (χ2n) is 7.58. The molecule has 0 spiro atoms. The van der Waals surface area contributed by atoms with Gasteiger partial charge in [0.1, 0.15) is 10.6 Å². The fourth-order valence-electron chi connectivity index (χ4n) is 3.65. The predicted molar refractivity (Wildman–Crippen MR) is 125 cm³/mol. The normalized spacial score (nSPS) is 12.2. The van der Waals surface area contributed by atoms with Crippen LogP contribution >= 0.6 is 0 Å². The summed E-state index contributed by atoms with van der Waals surface area (Å²) in [6, 6.07) is 24.7. The van der Waals surface area contributed by atoms with Crippen LogP contribution in [-0.4, -0.2) is 40.9 Å². The Kier molecular flexibility index (Phi) is 5.44. The van der Waals surface area contributed by atoms with Gasteiger partial charge < -0.3 is 0 Å². The summed E-state index contributed by atoms with van der Waals surface area (Å²) in [5.74, 6) is 0.409. The molecular weight excluding hydrogens is 492 g/mol. The van der Waals surface area contributed by atoms with Gasteiger partial charge in [0.25, 0.3) is 20.2 Å². The summed E-state index contributed by atoms with van der Waals surface area (Å²) in [5, 5.41) is 9.42. The first-order valence-electron chi connectivity index (χ1n) is 10.1.